The molecule has 0 spiro atoms. The molecule has 0 aliphatic rings. The fourth-order valence-corrected chi connectivity index (χ4v) is 3.17. The number of H-pyrrole nitrogens is 1. The Morgan fingerprint density at radius 3 is 2.80 bits per heavy atom. The lowest BCUT2D eigenvalue weighted by Gasteiger charge is -2.17. The molecule has 0 saturated carbocycles. The average Bonchev–Trinajstić information content (AvgIpc) is 2.77. The van der Waals surface area contributed by atoms with E-state index in [4.69, 9.17) is 12.2 Å². The molecule has 102 valence electrons. The van der Waals surface area contributed by atoms with Crippen LogP contribution in [0.3, 0.4) is 0 Å². The third-order valence-electron chi connectivity index (χ3n) is 3.40. The van der Waals surface area contributed by atoms with Crippen LogP contribution < -0.4 is 0 Å². The van der Waals surface area contributed by atoms with Crippen molar-refractivity contribution in [3.8, 4) is 0 Å². The van der Waals surface area contributed by atoms with Crippen LogP contribution in [-0.2, 0) is 0 Å². The van der Waals surface area contributed by atoms with Crippen LogP contribution in [0.5, 0.6) is 0 Å². The van der Waals surface area contributed by atoms with Crippen molar-refractivity contribution in [2.75, 3.05) is 0 Å². The van der Waals surface area contributed by atoms with Crippen LogP contribution in [0.4, 0.5) is 0 Å². The predicted molar refractivity (Wildman–Crippen MR) is 87.5 cm³/mol. The first-order valence-electron chi connectivity index (χ1n) is 6.51. The number of benzene rings is 1. The SMILES string of the molecule is CCC(c1ccccc1)n1c(=S)[nH]c2cc(Br)cnc21. The van der Waals surface area contributed by atoms with E-state index >= 15 is 0 Å². The third kappa shape index (κ3) is 2.31. The number of rotatable bonds is 3. The molecule has 1 aromatic carbocycles. The molecule has 2 aromatic heterocycles. The van der Waals surface area contributed by atoms with Crippen molar-refractivity contribution in [1.82, 2.24) is 14.5 Å². The van der Waals surface area contributed by atoms with Crippen LogP contribution in [0, 0.1) is 4.77 Å². The number of hydrogen-bond donors (Lipinski definition) is 1. The van der Waals surface area contributed by atoms with E-state index in [1.165, 1.54) is 5.56 Å². The molecule has 0 bridgehead atoms. The fraction of sp³-hybridized carbons (Fsp3) is 0.200. The number of aromatic nitrogens is 3. The number of pyridine rings is 1. The molecule has 0 aliphatic carbocycles. The Morgan fingerprint density at radius 2 is 2.10 bits per heavy atom. The van der Waals surface area contributed by atoms with Crippen molar-refractivity contribution in [3.63, 3.8) is 0 Å². The topological polar surface area (TPSA) is 33.6 Å². The molecule has 2 heterocycles. The van der Waals surface area contributed by atoms with Crippen molar-refractivity contribution in [3.05, 3.63) is 57.4 Å². The monoisotopic (exact) mass is 347 g/mol. The molecule has 3 nitrogen and oxygen atoms in total. The van der Waals surface area contributed by atoms with Gasteiger partial charge in [-0.25, -0.2) is 4.98 Å². The Morgan fingerprint density at radius 1 is 1.35 bits per heavy atom. The predicted octanol–water partition coefficient (Wildman–Crippen LogP) is 4.86. The maximum Gasteiger partial charge on any atom is 0.179 e. The lowest BCUT2D eigenvalue weighted by atomic mass is 10.0. The van der Waals surface area contributed by atoms with Crippen molar-refractivity contribution in [2.45, 2.75) is 19.4 Å². The first-order valence-corrected chi connectivity index (χ1v) is 7.71. The Bertz CT molecular complexity index is 792. The number of fused-ring (bicyclic) bond motifs is 1. The summed E-state index contributed by atoms with van der Waals surface area (Å²) in [5.74, 6) is 0. The summed E-state index contributed by atoms with van der Waals surface area (Å²) in [6.45, 7) is 2.16. The summed E-state index contributed by atoms with van der Waals surface area (Å²) in [6.07, 6.45) is 2.77. The van der Waals surface area contributed by atoms with Crippen molar-refractivity contribution in [2.24, 2.45) is 0 Å². The highest BCUT2D eigenvalue weighted by molar-refractivity contribution is 9.10. The number of imidazole rings is 1. The molecule has 1 atom stereocenters. The molecule has 0 amide bonds. The summed E-state index contributed by atoms with van der Waals surface area (Å²) in [4.78, 5) is 7.75. The highest BCUT2D eigenvalue weighted by Gasteiger charge is 2.16. The van der Waals surface area contributed by atoms with Crippen LogP contribution in [0.25, 0.3) is 11.2 Å². The Hall–Kier alpha value is -1.46. The van der Waals surface area contributed by atoms with Crippen LogP contribution in [0.2, 0.25) is 0 Å². The lowest BCUT2D eigenvalue weighted by molar-refractivity contribution is 0.571. The van der Waals surface area contributed by atoms with Gasteiger partial charge in [0.15, 0.2) is 10.4 Å². The molecule has 1 N–H and O–H groups in total. The highest BCUT2D eigenvalue weighted by Crippen LogP contribution is 2.27. The van der Waals surface area contributed by atoms with Gasteiger partial charge in [0.1, 0.15) is 0 Å². The largest absolute Gasteiger partial charge is 0.329 e. The Kier molecular flexibility index (Phi) is 3.72. The van der Waals surface area contributed by atoms with E-state index in [9.17, 15) is 0 Å². The standard InChI is InChI=1S/C15H14BrN3S/c1-2-13(10-6-4-3-5-7-10)19-14-12(18-15(19)20)8-11(16)9-17-14/h3-9,13H,2H2,1H3,(H,18,20). The molecule has 0 saturated heterocycles. The number of nitrogens with one attached hydrogen (secondary N) is 1. The lowest BCUT2D eigenvalue weighted by Crippen LogP contribution is -2.10. The second kappa shape index (κ2) is 5.50. The van der Waals surface area contributed by atoms with Gasteiger partial charge in [0.05, 0.1) is 11.6 Å². The van der Waals surface area contributed by atoms with E-state index in [0.29, 0.717) is 4.77 Å². The zero-order chi connectivity index (χ0) is 14.1. The first kappa shape index (κ1) is 13.5. The van der Waals surface area contributed by atoms with Gasteiger partial charge in [-0.3, -0.25) is 4.57 Å². The molecule has 3 rings (SSSR count). The summed E-state index contributed by atoms with van der Waals surface area (Å²) in [5, 5.41) is 0. The number of nitrogens with zero attached hydrogens (tertiary/aromatic N) is 2. The molecule has 20 heavy (non-hydrogen) atoms. The van der Waals surface area contributed by atoms with E-state index in [1.54, 1.807) is 6.20 Å². The number of halogens is 1. The summed E-state index contributed by atoms with van der Waals surface area (Å²) in [6, 6.07) is 12.6. The van der Waals surface area contributed by atoms with Gasteiger partial charge in [0, 0.05) is 10.7 Å². The van der Waals surface area contributed by atoms with E-state index in [-0.39, 0.29) is 6.04 Å². The maximum absolute atomic E-state index is 5.49. The molecular formula is C15H14BrN3S. The quantitative estimate of drug-likeness (QED) is 0.686. The maximum atomic E-state index is 5.49. The van der Waals surface area contributed by atoms with Crippen molar-refractivity contribution >= 4 is 39.3 Å². The second-order valence-electron chi connectivity index (χ2n) is 4.66. The van der Waals surface area contributed by atoms with Gasteiger partial charge in [-0.2, -0.15) is 0 Å². The van der Waals surface area contributed by atoms with E-state index < -0.39 is 0 Å². The molecular weight excluding hydrogens is 334 g/mol. The highest BCUT2D eigenvalue weighted by atomic mass is 79.9. The fourth-order valence-electron chi connectivity index (χ4n) is 2.52. The van der Waals surface area contributed by atoms with Crippen LogP contribution >= 0.6 is 28.1 Å². The van der Waals surface area contributed by atoms with Gasteiger partial charge >= 0.3 is 0 Å². The van der Waals surface area contributed by atoms with Gasteiger partial charge in [-0.1, -0.05) is 37.3 Å². The summed E-state index contributed by atoms with van der Waals surface area (Å²) >= 11 is 8.93. The van der Waals surface area contributed by atoms with Gasteiger partial charge < -0.3 is 4.98 Å². The van der Waals surface area contributed by atoms with Crippen LogP contribution in [-0.4, -0.2) is 14.5 Å². The summed E-state index contributed by atoms with van der Waals surface area (Å²) in [7, 11) is 0. The molecule has 3 aromatic rings. The minimum atomic E-state index is 0.200. The normalized spacial score (nSPS) is 12.7. The van der Waals surface area contributed by atoms with Gasteiger partial charge in [0.2, 0.25) is 0 Å². The molecule has 0 aliphatic heterocycles. The smallest absolute Gasteiger partial charge is 0.179 e. The molecule has 0 fully saturated rings. The molecule has 5 heteroatoms. The van der Waals surface area contributed by atoms with Crippen molar-refractivity contribution < 1.29 is 0 Å². The second-order valence-corrected chi connectivity index (χ2v) is 5.96. The third-order valence-corrected chi connectivity index (χ3v) is 4.14. The van der Waals surface area contributed by atoms with E-state index in [2.05, 4.69) is 61.7 Å². The number of hydrogen-bond acceptors (Lipinski definition) is 2. The zero-order valence-electron chi connectivity index (χ0n) is 11.0. The minimum absolute atomic E-state index is 0.200. The van der Waals surface area contributed by atoms with E-state index in [1.807, 2.05) is 12.1 Å². The summed E-state index contributed by atoms with van der Waals surface area (Å²) < 4.78 is 3.76. The van der Waals surface area contributed by atoms with Gasteiger partial charge in [0.25, 0.3) is 0 Å². The van der Waals surface area contributed by atoms with Gasteiger partial charge in [-0.15, -0.1) is 0 Å². The number of aromatic amines is 1. The zero-order valence-corrected chi connectivity index (χ0v) is 13.4. The first-order chi connectivity index (χ1) is 9.70. The van der Waals surface area contributed by atoms with Crippen LogP contribution in [0.1, 0.15) is 24.9 Å². The van der Waals surface area contributed by atoms with E-state index in [0.717, 1.165) is 22.1 Å². The Balaban J connectivity index is 2.22. The van der Waals surface area contributed by atoms with Gasteiger partial charge in [-0.05, 0) is 46.2 Å². The minimum Gasteiger partial charge on any atom is -0.329 e. The summed E-state index contributed by atoms with van der Waals surface area (Å²) in [5.41, 5.74) is 3.10. The average molecular weight is 348 g/mol. The van der Waals surface area contributed by atoms with Crippen LogP contribution in [0.15, 0.2) is 47.1 Å². The Labute approximate surface area is 130 Å². The molecule has 0 radical (unpaired) electrons. The van der Waals surface area contributed by atoms with Crippen molar-refractivity contribution in [1.29, 1.82) is 0 Å². The molecule has 1 unspecified atom stereocenters.